The van der Waals surface area contributed by atoms with Crippen LogP contribution in [-0.2, 0) is 17.9 Å². The molecule has 112 valence electrons. The number of nitrogens with zero attached hydrogens (tertiary/aromatic N) is 5. The van der Waals surface area contributed by atoms with Crippen molar-refractivity contribution in [3.63, 3.8) is 0 Å². The van der Waals surface area contributed by atoms with Crippen LogP contribution in [0.15, 0.2) is 6.07 Å². The molecule has 6 heteroatoms. The van der Waals surface area contributed by atoms with Crippen molar-refractivity contribution < 1.29 is 4.79 Å². The number of aromatic nitrogens is 2. The van der Waals surface area contributed by atoms with Gasteiger partial charge in [-0.05, 0) is 24.8 Å². The molecule has 3 rings (SSSR count). The van der Waals surface area contributed by atoms with Crippen LogP contribution >= 0.6 is 0 Å². The predicted octanol–water partition coefficient (Wildman–Crippen LogP) is 0.829. The number of aryl methyl sites for hydroxylation is 1. The molecule has 1 saturated heterocycles. The standard InChI is InChI=1S/C15H21N5O/c1-18-9-12(3-4-15(18)21)10-19-5-2-6-20-14(11-19)7-13(8-16)17-20/h7,12H,2-6,9-11H2,1H3. The number of likely N-dealkylation sites (tertiary alicyclic amines) is 1. The zero-order valence-electron chi connectivity index (χ0n) is 12.5. The molecule has 6 nitrogen and oxygen atoms in total. The van der Waals surface area contributed by atoms with E-state index in [-0.39, 0.29) is 5.91 Å². The first kappa shape index (κ1) is 14.1. The van der Waals surface area contributed by atoms with Gasteiger partial charge in [0.1, 0.15) is 6.07 Å². The lowest BCUT2D eigenvalue weighted by Gasteiger charge is -2.33. The van der Waals surface area contributed by atoms with E-state index in [0.29, 0.717) is 18.0 Å². The highest BCUT2D eigenvalue weighted by atomic mass is 16.2. The summed E-state index contributed by atoms with van der Waals surface area (Å²) < 4.78 is 1.97. The third-order valence-electron chi connectivity index (χ3n) is 4.45. The monoisotopic (exact) mass is 287 g/mol. The lowest BCUT2D eigenvalue weighted by atomic mass is 9.97. The van der Waals surface area contributed by atoms with E-state index in [2.05, 4.69) is 16.1 Å². The highest BCUT2D eigenvalue weighted by molar-refractivity contribution is 5.76. The molecule has 3 heterocycles. The Labute approximate surface area is 124 Å². The van der Waals surface area contributed by atoms with E-state index in [0.717, 1.165) is 51.3 Å². The van der Waals surface area contributed by atoms with Gasteiger partial charge in [0.25, 0.3) is 0 Å². The molecule has 2 aliphatic heterocycles. The summed E-state index contributed by atoms with van der Waals surface area (Å²) >= 11 is 0. The minimum atomic E-state index is 0.263. The number of piperidine rings is 1. The number of carbonyl (C=O) groups excluding carboxylic acids is 1. The van der Waals surface area contributed by atoms with Gasteiger partial charge in [0.2, 0.25) is 5.91 Å². The quantitative estimate of drug-likeness (QED) is 0.808. The molecule has 0 saturated carbocycles. The fourth-order valence-electron chi connectivity index (χ4n) is 3.35. The van der Waals surface area contributed by atoms with Crippen LogP contribution in [0.5, 0.6) is 0 Å². The maximum atomic E-state index is 11.6. The molecule has 1 unspecified atom stereocenters. The molecule has 1 aromatic rings. The summed E-state index contributed by atoms with van der Waals surface area (Å²) in [6.45, 7) is 4.67. The van der Waals surface area contributed by atoms with Crippen molar-refractivity contribution >= 4 is 5.91 Å². The minimum Gasteiger partial charge on any atom is -0.345 e. The van der Waals surface area contributed by atoms with Gasteiger partial charge in [-0.15, -0.1) is 0 Å². The Morgan fingerprint density at radius 2 is 2.33 bits per heavy atom. The maximum absolute atomic E-state index is 11.6. The molecule has 1 fully saturated rings. The average molecular weight is 287 g/mol. The molecular weight excluding hydrogens is 266 g/mol. The Hall–Kier alpha value is -1.87. The molecule has 0 radical (unpaired) electrons. The van der Waals surface area contributed by atoms with Crippen molar-refractivity contribution in [2.75, 3.05) is 26.7 Å². The van der Waals surface area contributed by atoms with Gasteiger partial charge in [-0.1, -0.05) is 0 Å². The number of carbonyl (C=O) groups is 1. The summed E-state index contributed by atoms with van der Waals surface area (Å²) in [7, 11) is 1.89. The second kappa shape index (κ2) is 5.86. The van der Waals surface area contributed by atoms with Crippen LogP contribution in [0, 0.1) is 17.2 Å². The van der Waals surface area contributed by atoms with Crippen LogP contribution in [-0.4, -0.2) is 52.2 Å². The predicted molar refractivity (Wildman–Crippen MR) is 77.2 cm³/mol. The molecule has 1 atom stereocenters. The summed E-state index contributed by atoms with van der Waals surface area (Å²) in [5.74, 6) is 0.816. The fourth-order valence-corrected chi connectivity index (χ4v) is 3.35. The lowest BCUT2D eigenvalue weighted by molar-refractivity contribution is -0.133. The SMILES string of the molecule is CN1CC(CN2CCCn3nc(C#N)cc3C2)CCC1=O. The number of rotatable bonds is 2. The topological polar surface area (TPSA) is 65.2 Å². The van der Waals surface area contributed by atoms with Crippen molar-refractivity contribution in [3.05, 3.63) is 17.5 Å². The Balaban J connectivity index is 1.64. The zero-order chi connectivity index (χ0) is 14.8. The second-order valence-corrected chi connectivity index (χ2v) is 6.12. The van der Waals surface area contributed by atoms with Gasteiger partial charge >= 0.3 is 0 Å². The fraction of sp³-hybridized carbons (Fsp3) is 0.667. The number of fused-ring (bicyclic) bond motifs is 1. The Kier molecular flexibility index (Phi) is 3.93. The Morgan fingerprint density at radius 1 is 1.48 bits per heavy atom. The van der Waals surface area contributed by atoms with Crippen LogP contribution in [0.25, 0.3) is 0 Å². The van der Waals surface area contributed by atoms with E-state index in [1.807, 2.05) is 22.7 Å². The van der Waals surface area contributed by atoms with E-state index in [1.54, 1.807) is 0 Å². The highest BCUT2D eigenvalue weighted by Crippen LogP contribution is 2.20. The molecule has 2 aliphatic rings. The second-order valence-electron chi connectivity index (χ2n) is 6.12. The first-order valence-electron chi connectivity index (χ1n) is 7.59. The molecular formula is C15H21N5O. The van der Waals surface area contributed by atoms with E-state index in [1.165, 1.54) is 0 Å². The number of amides is 1. The number of hydrogen-bond acceptors (Lipinski definition) is 4. The third-order valence-corrected chi connectivity index (χ3v) is 4.45. The summed E-state index contributed by atoms with van der Waals surface area (Å²) in [6, 6.07) is 4.01. The van der Waals surface area contributed by atoms with Crippen LogP contribution in [0.1, 0.15) is 30.7 Å². The Bertz CT molecular complexity index is 573. The van der Waals surface area contributed by atoms with Crippen molar-refractivity contribution in [1.82, 2.24) is 19.6 Å². The van der Waals surface area contributed by atoms with Crippen LogP contribution in [0.4, 0.5) is 0 Å². The average Bonchev–Trinajstić information content (AvgIpc) is 2.76. The first-order chi connectivity index (χ1) is 10.2. The molecule has 0 spiro atoms. The van der Waals surface area contributed by atoms with Gasteiger partial charge in [0.15, 0.2) is 5.69 Å². The van der Waals surface area contributed by atoms with E-state index < -0.39 is 0 Å². The van der Waals surface area contributed by atoms with Gasteiger partial charge in [-0.3, -0.25) is 14.4 Å². The highest BCUT2D eigenvalue weighted by Gasteiger charge is 2.26. The van der Waals surface area contributed by atoms with Crippen LogP contribution in [0.2, 0.25) is 0 Å². The molecule has 0 bridgehead atoms. The van der Waals surface area contributed by atoms with Crippen molar-refractivity contribution in [2.24, 2.45) is 5.92 Å². The smallest absolute Gasteiger partial charge is 0.222 e. The summed E-state index contributed by atoms with van der Waals surface area (Å²) in [4.78, 5) is 15.8. The molecule has 21 heavy (non-hydrogen) atoms. The summed E-state index contributed by atoms with van der Waals surface area (Å²) in [6.07, 6.45) is 2.72. The third kappa shape index (κ3) is 3.08. The normalized spacial score (nSPS) is 23.5. The molecule has 0 aliphatic carbocycles. The summed E-state index contributed by atoms with van der Waals surface area (Å²) in [5, 5.41) is 13.3. The molecule has 0 aromatic carbocycles. The largest absolute Gasteiger partial charge is 0.345 e. The molecule has 1 amide bonds. The van der Waals surface area contributed by atoms with Gasteiger partial charge in [0, 0.05) is 46.2 Å². The van der Waals surface area contributed by atoms with E-state index in [9.17, 15) is 4.79 Å². The summed E-state index contributed by atoms with van der Waals surface area (Å²) in [5.41, 5.74) is 1.64. The van der Waals surface area contributed by atoms with Crippen molar-refractivity contribution in [2.45, 2.75) is 32.4 Å². The van der Waals surface area contributed by atoms with Gasteiger partial charge < -0.3 is 4.90 Å². The maximum Gasteiger partial charge on any atom is 0.222 e. The number of nitriles is 1. The zero-order valence-corrected chi connectivity index (χ0v) is 12.5. The Morgan fingerprint density at radius 3 is 3.10 bits per heavy atom. The van der Waals surface area contributed by atoms with Crippen LogP contribution in [0.3, 0.4) is 0 Å². The van der Waals surface area contributed by atoms with Crippen LogP contribution < -0.4 is 0 Å². The van der Waals surface area contributed by atoms with E-state index in [4.69, 9.17) is 5.26 Å². The minimum absolute atomic E-state index is 0.263. The molecule has 1 aromatic heterocycles. The lowest BCUT2D eigenvalue weighted by Crippen LogP contribution is -2.41. The van der Waals surface area contributed by atoms with E-state index >= 15 is 0 Å². The van der Waals surface area contributed by atoms with Gasteiger partial charge in [0.05, 0.1) is 5.69 Å². The number of hydrogen-bond donors (Lipinski definition) is 0. The van der Waals surface area contributed by atoms with Crippen molar-refractivity contribution in [1.29, 1.82) is 5.26 Å². The van der Waals surface area contributed by atoms with Gasteiger partial charge in [-0.2, -0.15) is 10.4 Å². The first-order valence-corrected chi connectivity index (χ1v) is 7.59. The van der Waals surface area contributed by atoms with Gasteiger partial charge in [-0.25, -0.2) is 0 Å². The van der Waals surface area contributed by atoms with Crippen molar-refractivity contribution in [3.8, 4) is 6.07 Å². The molecule has 0 N–H and O–H groups in total.